The third kappa shape index (κ3) is 5.29. The molecule has 0 aliphatic carbocycles. The van der Waals surface area contributed by atoms with E-state index in [1.807, 2.05) is 12.1 Å². The van der Waals surface area contributed by atoms with Crippen LogP contribution in [0.2, 0.25) is 0 Å². The number of thiophene rings is 1. The lowest BCUT2D eigenvalue weighted by molar-refractivity contribution is 0.297. The summed E-state index contributed by atoms with van der Waals surface area (Å²) >= 11 is 1.41. The quantitative estimate of drug-likeness (QED) is 0.284. The Bertz CT molecular complexity index is 1420. The van der Waals surface area contributed by atoms with Crippen LogP contribution < -0.4 is 9.47 Å². The van der Waals surface area contributed by atoms with Gasteiger partial charge in [0.1, 0.15) is 68.2 Å². The van der Waals surface area contributed by atoms with Gasteiger partial charge in [-0.2, -0.15) is 21.0 Å². The highest BCUT2D eigenvalue weighted by Crippen LogP contribution is 2.53. The molecule has 0 spiro atoms. The summed E-state index contributed by atoms with van der Waals surface area (Å²) in [4.78, 5) is 1.49. The van der Waals surface area contributed by atoms with Gasteiger partial charge in [0, 0.05) is 6.42 Å². The molecule has 3 aromatic rings. The van der Waals surface area contributed by atoms with Crippen LogP contribution in [-0.4, -0.2) is 13.2 Å². The van der Waals surface area contributed by atoms with E-state index in [1.54, 1.807) is 60.7 Å². The van der Waals surface area contributed by atoms with Gasteiger partial charge in [-0.15, -0.1) is 11.3 Å². The number of hydrogen-bond acceptors (Lipinski definition) is 9. The van der Waals surface area contributed by atoms with E-state index in [9.17, 15) is 0 Å². The van der Waals surface area contributed by atoms with Gasteiger partial charge in [0.15, 0.2) is 11.5 Å². The summed E-state index contributed by atoms with van der Waals surface area (Å²) in [5.74, 6) is 3.41. The van der Waals surface area contributed by atoms with E-state index in [1.165, 1.54) is 23.5 Å². The second-order valence-electron chi connectivity index (χ2n) is 7.20. The molecule has 174 valence electrons. The van der Waals surface area contributed by atoms with Gasteiger partial charge in [0.05, 0.1) is 13.2 Å². The van der Waals surface area contributed by atoms with Crippen molar-refractivity contribution < 1.29 is 18.3 Å². The summed E-state index contributed by atoms with van der Waals surface area (Å²) in [5, 5.41) is 35.3. The zero-order valence-corrected chi connectivity index (χ0v) is 19.5. The van der Waals surface area contributed by atoms with Crippen molar-refractivity contribution in [3.8, 4) is 57.1 Å². The SMILES string of the molecule is N#CC(C#N)=C/C=C/c1ccc(-c2sc(-c3ccc(/C=C/C=C(C#N)C#N)o3)c3c2OCCCO3)o1. The van der Waals surface area contributed by atoms with Crippen LogP contribution in [0.3, 0.4) is 0 Å². The molecule has 0 saturated heterocycles. The summed E-state index contributed by atoms with van der Waals surface area (Å²) in [7, 11) is 0. The molecule has 0 unspecified atom stereocenters. The predicted octanol–water partition coefficient (Wildman–Crippen LogP) is 6.40. The van der Waals surface area contributed by atoms with Gasteiger partial charge >= 0.3 is 0 Å². The number of ether oxygens (including phenoxy) is 2. The molecule has 0 aromatic carbocycles. The third-order valence-corrected chi connectivity index (χ3v) is 6.02. The first-order valence-electron chi connectivity index (χ1n) is 10.7. The van der Waals surface area contributed by atoms with Crippen LogP contribution in [0.1, 0.15) is 17.9 Å². The summed E-state index contributed by atoms with van der Waals surface area (Å²) in [5.41, 5.74) is -0.00732. The van der Waals surface area contributed by atoms with E-state index in [4.69, 9.17) is 39.4 Å². The second-order valence-corrected chi connectivity index (χ2v) is 8.22. The van der Waals surface area contributed by atoms with Crippen LogP contribution in [0.25, 0.3) is 33.4 Å². The number of furan rings is 2. The van der Waals surface area contributed by atoms with Crippen LogP contribution >= 0.6 is 11.3 Å². The van der Waals surface area contributed by atoms with Crippen LogP contribution in [0.5, 0.6) is 11.5 Å². The first kappa shape index (κ1) is 23.9. The highest BCUT2D eigenvalue weighted by Gasteiger charge is 2.28. The molecule has 0 N–H and O–H groups in total. The van der Waals surface area contributed by atoms with E-state index >= 15 is 0 Å². The van der Waals surface area contributed by atoms with Gasteiger partial charge in [0.2, 0.25) is 0 Å². The maximum absolute atomic E-state index is 8.83. The first-order chi connectivity index (χ1) is 17.7. The number of rotatable bonds is 6. The Morgan fingerprint density at radius 1 is 0.694 bits per heavy atom. The Kier molecular flexibility index (Phi) is 7.49. The van der Waals surface area contributed by atoms with Crippen molar-refractivity contribution >= 4 is 23.5 Å². The van der Waals surface area contributed by atoms with Gasteiger partial charge < -0.3 is 18.3 Å². The number of nitriles is 4. The number of allylic oxidation sites excluding steroid dienone is 6. The van der Waals surface area contributed by atoms with Gasteiger partial charge in [-0.25, -0.2) is 0 Å². The molecule has 1 aliphatic heterocycles. The molecule has 0 fully saturated rings. The lowest BCUT2D eigenvalue weighted by atomic mass is 10.2. The molecule has 4 heterocycles. The van der Waals surface area contributed by atoms with Crippen LogP contribution in [-0.2, 0) is 0 Å². The van der Waals surface area contributed by atoms with Crippen LogP contribution in [0.15, 0.2) is 68.6 Å². The lowest BCUT2D eigenvalue weighted by Gasteiger charge is -2.04. The Morgan fingerprint density at radius 3 is 1.56 bits per heavy atom. The van der Waals surface area contributed by atoms with Gasteiger partial charge in [-0.05, 0) is 48.6 Å². The lowest BCUT2D eigenvalue weighted by Crippen LogP contribution is -1.98. The zero-order chi connectivity index (χ0) is 25.3. The molecule has 0 amide bonds. The van der Waals surface area contributed by atoms with Gasteiger partial charge in [0.25, 0.3) is 0 Å². The molecule has 1 aliphatic rings. The normalized spacial score (nSPS) is 12.2. The Morgan fingerprint density at radius 2 is 1.14 bits per heavy atom. The molecular formula is C27H16N4O4S. The van der Waals surface area contributed by atoms with Gasteiger partial charge in [-0.3, -0.25) is 0 Å². The topological polar surface area (TPSA) is 140 Å². The van der Waals surface area contributed by atoms with E-state index in [2.05, 4.69) is 0 Å². The molecule has 0 atom stereocenters. The smallest absolute Gasteiger partial charge is 0.183 e. The minimum Gasteiger partial charge on any atom is -0.488 e. The molecule has 0 radical (unpaired) electrons. The molecule has 8 nitrogen and oxygen atoms in total. The molecule has 4 rings (SSSR count). The summed E-state index contributed by atoms with van der Waals surface area (Å²) in [6, 6.07) is 14.4. The average Bonchev–Trinajstić information content (AvgIpc) is 3.60. The summed E-state index contributed by atoms with van der Waals surface area (Å²) in [6.07, 6.45) is 10.0. The van der Waals surface area contributed by atoms with Crippen molar-refractivity contribution in [3.63, 3.8) is 0 Å². The second kappa shape index (κ2) is 11.3. The molecule has 9 heteroatoms. The van der Waals surface area contributed by atoms with Crippen LogP contribution in [0.4, 0.5) is 0 Å². The maximum atomic E-state index is 8.83. The molecule has 36 heavy (non-hydrogen) atoms. The largest absolute Gasteiger partial charge is 0.488 e. The number of hydrogen-bond donors (Lipinski definition) is 0. The fourth-order valence-corrected chi connectivity index (χ4v) is 4.31. The molecule has 3 aromatic heterocycles. The van der Waals surface area contributed by atoms with E-state index in [-0.39, 0.29) is 11.1 Å². The monoisotopic (exact) mass is 492 g/mol. The average molecular weight is 493 g/mol. The molecule has 0 saturated carbocycles. The van der Waals surface area contributed by atoms with Crippen molar-refractivity contribution in [2.75, 3.05) is 13.2 Å². The van der Waals surface area contributed by atoms with Gasteiger partial charge in [-0.1, -0.05) is 12.2 Å². The number of nitrogens with zero attached hydrogens (tertiary/aromatic N) is 4. The minimum atomic E-state index is -0.00366. The van der Waals surface area contributed by atoms with E-state index in [0.717, 1.165) is 16.2 Å². The Labute approximate surface area is 210 Å². The fraction of sp³-hybridized carbons (Fsp3) is 0.111. The predicted molar refractivity (Wildman–Crippen MR) is 132 cm³/mol. The zero-order valence-electron chi connectivity index (χ0n) is 18.7. The van der Waals surface area contributed by atoms with Crippen molar-refractivity contribution in [1.82, 2.24) is 0 Å². The van der Waals surface area contributed by atoms with Crippen molar-refractivity contribution in [3.05, 3.63) is 71.2 Å². The maximum Gasteiger partial charge on any atom is 0.183 e. The molecular weight excluding hydrogens is 476 g/mol. The van der Waals surface area contributed by atoms with Crippen molar-refractivity contribution in [2.24, 2.45) is 0 Å². The van der Waals surface area contributed by atoms with Crippen molar-refractivity contribution in [2.45, 2.75) is 6.42 Å². The Balaban J connectivity index is 1.66. The van der Waals surface area contributed by atoms with E-state index in [0.29, 0.717) is 47.8 Å². The minimum absolute atomic E-state index is 0.00366. The highest BCUT2D eigenvalue weighted by atomic mass is 32.1. The molecule has 0 bridgehead atoms. The highest BCUT2D eigenvalue weighted by molar-refractivity contribution is 7.19. The number of fused-ring (bicyclic) bond motifs is 1. The fourth-order valence-electron chi connectivity index (χ4n) is 3.20. The summed E-state index contributed by atoms with van der Waals surface area (Å²) in [6.45, 7) is 0.996. The Hall–Kier alpha value is -5.22. The van der Waals surface area contributed by atoms with Crippen molar-refractivity contribution in [1.29, 1.82) is 21.0 Å². The van der Waals surface area contributed by atoms with E-state index < -0.39 is 0 Å². The summed E-state index contributed by atoms with van der Waals surface area (Å²) < 4.78 is 24.0. The van der Waals surface area contributed by atoms with Crippen LogP contribution in [0, 0.1) is 45.3 Å². The third-order valence-electron chi connectivity index (χ3n) is 4.83. The standard InChI is InChI=1S/C27H16N4O4S/c28-14-18(15-29)4-1-6-20-8-10-22(34-20)26-24-25(33-13-3-12-32-24)27(36-26)23-11-9-21(35-23)7-2-5-19(16-30)17-31/h1-2,4-11H,3,12-13H2/b6-1+,7-2+. The first-order valence-corrected chi connectivity index (χ1v) is 11.5.